The van der Waals surface area contributed by atoms with Gasteiger partial charge < -0.3 is 4.90 Å². The molecule has 0 unspecified atom stereocenters. The van der Waals surface area contributed by atoms with Crippen LogP contribution in [0.25, 0.3) is 0 Å². The summed E-state index contributed by atoms with van der Waals surface area (Å²) in [6.07, 6.45) is 4.21. The van der Waals surface area contributed by atoms with Crippen molar-refractivity contribution in [3.8, 4) is 0 Å². The summed E-state index contributed by atoms with van der Waals surface area (Å²) in [7, 11) is 0. The van der Waals surface area contributed by atoms with Gasteiger partial charge in [0.1, 0.15) is 0 Å². The van der Waals surface area contributed by atoms with Gasteiger partial charge in [-0.3, -0.25) is 0 Å². The lowest BCUT2D eigenvalue weighted by Crippen LogP contribution is -2.37. The molecule has 0 aromatic carbocycles. The monoisotopic (exact) mass is 225 g/mol. The molecule has 1 aromatic heterocycles. The van der Waals surface area contributed by atoms with Gasteiger partial charge in [-0.15, -0.1) is 5.10 Å². The summed E-state index contributed by atoms with van der Waals surface area (Å²) in [5.41, 5.74) is 1.56. The van der Waals surface area contributed by atoms with Crippen LogP contribution in [0.1, 0.15) is 26.7 Å². The third-order valence-electron chi connectivity index (χ3n) is 3.09. The molecule has 2 heterocycles. The van der Waals surface area contributed by atoms with Crippen molar-refractivity contribution >= 4 is 17.3 Å². The first-order valence-corrected chi connectivity index (χ1v) is 5.68. The number of rotatable bonds is 1. The molecule has 0 bridgehead atoms. The van der Waals surface area contributed by atoms with Gasteiger partial charge in [0.05, 0.1) is 11.9 Å². The SMILES string of the molecule is CC1(C)CCN(c2cnnc(Cl)c2)CC1. The molecule has 4 heteroatoms. The number of piperidine rings is 1. The summed E-state index contributed by atoms with van der Waals surface area (Å²) in [5, 5.41) is 8.09. The second-order valence-corrected chi connectivity index (χ2v) is 5.28. The Labute approximate surface area is 95.5 Å². The van der Waals surface area contributed by atoms with Crippen LogP contribution in [0.15, 0.2) is 12.3 Å². The first-order valence-electron chi connectivity index (χ1n) is 5.30. The van der Waals surface area contributed by atoms with Crippen LogP contribution in [-0.2, 0) is 0 Å². The molecule has 1 saturated heterocycles. The molecule has 0 N–H and O–H groups in total. The lowest BCUT2D eigenvalue weighted by Gasteiger charge is -2.37. The second-order valence-electron chi connectivity index (χ2n) is 4.89. The third-order valence-corrected chi connectivity index (χ3v) is 3.28. The van der Waals surface area contributed by atoms with E-state index in [4.69, 9.17) is 11.6 Å². The summed E-state index contributed by atoms with van der Waals surface area (Å²) in [6.45, 7) is 6.80. The highest BCUT2D eigenvalue weighted by Gasteiger charge is 2.25. The summed E-state index contributed by atoms with van der Waals surface area (Å²) in [4.78, 5) is 2.33. The van der Waals surface area contributed by atoms with E-state index < -0.39 is 0 Å². The van der Waals surface area contributed by atoms with Crippen LogP contribution in [-0.4, -0.2) is 23.3 Å². The maximum absolute atomic E-state index is 5.82. The van der Waals surface area contributed by atoms with E-state index in [2.05, 4.69) is 28.9 Å². The van der Waals surface area contributed by atoms with Crippen LogP contribution in [0, 0.1) is 5.41 Å². The van der Waals surface area contributed by atoms with Crippen molar-refractivity contribution in [1.29, 1.82) is 0 Å². The predicted molar refractivity (Wildman–Crippen MR) is 62.3 cm³/mol. The van der Waals surface area contributed by atoms with Gasteiger partial charge in [-0.25, -0.2) is 0 Å². The average Bonchev–Trinajstić information content (AvgIpc) is 2.17. The van der Waals surface area contributed by atoms with Crippen LogP contribution < -0.4 is 4.90 Å². The molecule has 82 valence electrons. The number of nitrogens with zero attached hydrogens (tertiary/aromatic N) is 3. The van der Waals surface area contributed by atoms with Crippen molar-refractivity contribution in [2.45, 2.75) is 26.7 Å². The molecule has 0 aliphatic carbocycles. The smallest absolute Gasteiger partial charge is 0.153 e. The summed E-state index contributed by atoms with van der Waals surface area (Å²) in [6, 6.07) is 1.88. The molecule has 0 radical (unpaired) electrons. The lowest BCUT2D eigenvalue weighted by atomic mass is 9.82. The van der Waals surface area contributed by atoms with E-state index >= 15 is 0 Å². The Hall–Kier alpha value is -0.830. The van der Waals surface area contributed by atoms with E-state index in [-0.39, 0.29) is 0 Å². The van der Waals surface area contributed by atoms with Gasteiger partial charge in [0.25, 0.3) is 0 Å². The van der Waals surface area contributed by atoms with E-state index in [1.54, 1.807) is 6.20 Å². The van der Waals surface area contributed by atoms with Crippen LogP contribution in [0.5, 0.6) is 0 Å². The summed E-state index contributed by atoms with van der Waals surface area (Å²) >= 11 is 5.82. The Kier molecular flexibility index (Phi) is 2.83. The highest BCUT2D eigenvalue weighted by molar-refractivity contribution is 6.29. The zero-order chi connectivity index (χ0) is 10.9. The first-order chi connectivity index (χ1) is 7.07. The number of anilines is 1. The molecule has 1 fully saturated rings. The van der Waals surface area contributed by atoms with E-state index in [0.29, 0.717) is 10.6 Å². The third kappa shape index (κ3) is 2.59. The molecule has 0 atom stereocenters. The van der Waals surface area contributed by atoms with Crippen LogP contribution in [0.4, 0.5) is 5.69 Å². The van der Waals surface area contributed by atoms with Gasteiger partial charge in [-0.1, -0.05) is 25.4 Å². The van der Waals surface area contributed by atoms with E-state index in [9.17, 15) is 0 Å². The Morgan fingerprint density at radius 3 is 2.60 bits per heavy atom. The van der Waals surface area contributed by atoms with Crippen LogP contribution in [0.3, 0.4) is 0 Å². The van der Waals surface area contributed by atoms with Crippen molar-refractivity contribution in [1.82, 2.24) is 10.2 Å². The van der Waals surface area contributed by atoms with Gasteiger partial charge in [0, 0.05) is 19.2 Å². The van der Waals surface area contributed by atoms with Gasteiger partial charge in [-0.05, 0) is 18.3 Å². The highest BCUT2D eigenvalue weighted by atomic mass is 35.5. The van der Waals surface area contributed by atoms with Gasteiger partial charge in [0.15, 0.2) is 5.15 Å². The Balaban J connectivity index is 2.08. The maximum atomic E-state index is 5.82. The lowest BCUT2D eigenvalue weighted by molar-refractivity contribution is 0.279. The van der Waals surface area contributed by atoms with Crippen molar-refractivity contribution in [2.75, 3.05) is 18.0 Å². The number of hydrogen-bond acceptors (Lipinski definition) is 3. The molecule has 2 rings (SSSR count). The standard InChI is InChI=1S/C11H16ClN3/c1-11(2)3-5-15(6-4-11)9-7-10(12)14-13-8-9/h7-8H,3-6H2,1-2H3. The largest absolute Gasteiger partial charge is 0.370 e. The summed E-state index contributed by atoms with van der Waals surface area (Å²) < 4.78 is 0. The molecule has 3 nitrogen and oxygen atoms in total. The van der Waals surface area contributed by atoms with Gasteiger partial charge >= 0.3 is 0 Å². The number of aromatic nitrogens is 2. The second kappa shape index (κ2) is 3.97. The van der Waals surface area contributed by atoms with Crippen LogP contribution >= 0.6 is 11.6 Å². The zero-order valence-electron chi connectivity index (χ0n) is 9.20. The molecular weight excluding hydrogens is 210 g/mol. The van der Waals surface area contributed by atoms with Crippen LogP contribution in [0.2, 0.25) is 5.15 Å². The fourth-order valence-corrected chi connectivity index (χ4v) is 2.03. The first kappa shape index (κ1) is 10.7. The minimum absolute atomic E-state index is 0.470. The van der Waals surface area contributed by atoms with Gasteiger partial charge in [-0.2, -0.15) is 5.10 Å². The average molecular weight is 226 g/mol. The van der Waals surface area contributed by atoms with Crippen molar-refractivity contribution in [2.24, 2.45) is 5.41 Å². The highest BCUT2D eigenvalue weighted by Crippen LogP contribution is 2.32. The van der Waals surface area contributed by atoms with E-state index in [1.165, 1.54) is 12.8 Å². The zero-order valence-corrected chi connectivity index (χ0v) is 9.96. The summed E-state index contributed by atoms with van der Waals surface area (Å²) in [5.74, 6) is 0. The Bertz CT molecular complexity index is 341. The van der Waals surface area contributed by atoms with Crippen molar-refractivity contribution < 1.29 is 0 Å². The Morgan fingerprint density at radius 1 is 1.33 bits per heavy atom. The molecule has 1 aliphatic heterocycles. The molecule has 0 amide bonds. The van der Waals surface area contributed by atoms with E-state index in [0.717, 1.165) is 18.8 Å². The Morgan fingerprint density at radius 2 is 2.00 bits per heavy atom. The quantitative estimate of drug-likeness (QED) is 0.736. The number of hydrogen-bond donors (Lipinski definition) is 0. The predicted octanol–water partition coefficient (Wildman–Crippen LogP) is 2.76. The normalized spacial score (nSPS) is 20.3. The topological polar surface area (TPSA) is 29.0 Å². The molecule has 1 aromatic rings. The van der Waals surface area contributed by atoms with Gasteiger partial charge in [0.2, 0.25) is 0 Å². The minimum atomic E-state index is 0.470. The van der Waals surface area contributed by atoms with Crippen molar-refractivity contribution in [3.05, 3.63) is 17.4 Å². The minimum Gasteiger partial charge on any atom is -0.370 e. The number of halogens is 1. The molecule has 0 saturated carbocycles. The van der Waals surface area contributed by atoms with E-state index in [1.807, 2.05) is 6.07 Å². The maximum Gasteiger partial charge on any atom is 0.153 e. The van der Waals surface area contributed by atoms with Crippen molar-refractivity contribution in [3.63, 3.8) is 0 Å². The molecule has 1 aliphatic rings. The fraction of sp³-hybridized carbons (Fsp3) is 0.636. The fourth-order valence-electron chi connectivity index (χ4n) is 1.87. The molecule has 15 heavy (non-hydrogen) atoms. The molecular formula is C11H16ClN3. The molecule has 0 spiro atoms.